The summed E-state index contributed by atoms with van der Waals surface area (Å²) >= 11 is 0. The van der Waals surface area contributed by atoms with Crippen LogP contribution in [-0.2, 0) is 6.42 Å². The van der Waals surface area contributed by atoms with Crippen LogP contribution in [0.25, 0.3) is 11.4 Å². The lowest BCUT2D eigenvalue weighted by Crippen LogP contribution is -2.34. The minimum Gasteiger partial charge on any atom is -0.497 e. The lowest BCUT2D eigenvalue weighted by atomic mass is 9.83. The molecule has 0 spiro atoms. The first-order chi connectivity index (χ1) is 10.3. The molecule has 0 saturated heterocycles. The molecule has 0 bridgehead atoms. The summed E-state index contributed by atoms with van der Waals surface area (Å²) in [5.74, 6) is 2.58. The number of methoxy groups -OCH3 is 1. The van der Waals surface area contributed by atoms with Gasteiger partial charge in [0.05, 0.1) is 7.11 Å². The highest BCUT2D eigenvalue weighted by Gasteiger charge is 2.24. The van der Waals surface area contributed by atoms with Crippen LogP contribution < -0.4 is 10.5 Å². The molecular formula is C16H21N3O2. The van der Waals surface area contributed by atoms with Gasteiger partial charge in [0.15, 0.2) is 0 Å². The SMILES string of the molecule is COc1ccc(-c2noc(CC3CCCCC3N)n2)cc1. The van der Waals surface area contributed by atoms with Crippen molar-refractivity contribution in [3.05, 3.63) is 30.2 Å². The van der Waals surface area contributed by atoms with Crippen molar-refractivity contribution in [2.24, 2.45) is 11.7 Å². The van der Waals surface area contributed by atoms with E-state index < -0.39 is 0 Å². The number of benzene rings is 1. The second-order valence-corrected chi connectivity index (χ2v) is 5.65. The van der Waals surface area contributed by atoms with Gasteiger partial charge in [-0.2, -0.15) is 4.98 Å². The summed E-state index contributed by atoms with van der Waals surface area (Å²) in [5.41, 5.74) is 7.10. The molecule has 2 unspecified atom stereocenters. The molecule has 2 atom stereocenters. The highest BCUT2D eigenvalue weighted by atomic mass is 16.5. The van der Waals surface area contributed by atoms with Gasteiger partial charge < -0.3 is 15.0 Å². The number of hydrogen-bond donors (Lipinski definition) is 1. The van der Waals surface area contributed by atoms with Crippen LogP contribution in [0, 0.1) is 5.92 Å². The molecule has 3 rings (SSSR count). The van der Waals surface area contributed by atoms with E-state index in [2.05, 4.69) is 10.1 Å². The number of aromatic nitrogens is 2. The zero-order valence-electron chi connectivity index (χ0n) is 12.3. The van der Waals surface area contributed by atoms with Crippen LogP contribution in [0.2, 0.25) is 0 Å². The Bertz CT molecular complexity index is 579. The quantitative estimate of drug-likeness (QED) is 0.936. The van der Waals surface area contributed by atoms with Crippen LogP contribution in [0.1, 0.15) is 31.6 Å². The summed E-state index contributed by atoms with van der Waals surface area (Å²) in [4.78, 5) is 4.49. The van der Waals surface area contributed by atoms with Gasteiger partial charge in [-0.1, -0.05) is 18.0 Å². The van der Waals surface area contributed by atoms with Gasteiger partial charge in [-0.05, 0) is 43.0 Å². The molecule has 1 aromatic heterocycles. The van der Waals surface area contributed by atoms with Crippen LogP contribution in [0.3, 0.4) is 0 Å². The van der Waals surface area contributed by atoms with Gasteiger partial charge in [0, 0.05) is 18.0 Å². The average Bonchev–Trinajstić information content (AvgIpc) is 2.98. The Morgan fingerprint density at radius 3 is 2.71 bits per heavy atom. The predicted molar refractivity (Wildman–Crippen MR) is 79.9 cm³/mol. The van der Waals surface area contributed by atoms with Gasteiger partial charge in [-0.25, -0.2) is 0 Å². The topological polar surface area (TPSA) is 74.2 Å². The van der Waals surface area contributed by atoms with E-state index in [9.17, 15) is 0 Å². The molecule has 0 amide bonds. The molecule has 5 nitrogen and oxygen atoms in total. The van der Waals surface area contributed by atoms with Gasteiger partial charge in [-0.3, -0.25) is 0 Å². The zero-order valence-corrected chi connectivity index (χ0v) is 12.3. The summed E-state index contributed by atoms with van der Waals surface area (Å²) in [7, 11) is 1.65. The number of nitrogens with zero attached hydrogens (tertiary/aromatic N) is 2. The molecule has 0 aliphatic heterocycles. The molecule has 2 aromatic rings. The van der Waals surface area contributed by atoms with Crippen LogP contribution in [0.5, 0.6) is 5.75 Å². The average molecular weight is 287 g/mol. The Morgan fingerprint density at radius 2 is 2.00 bits per heavy atom. The summed E-state index contributed by atoms with van der Waals surface area (Å²) in [6, 6.07) is 7.90. The van der Waals surface area contributed by atoms with Gasteiger partial charge in [0.1, 0.15) is 5.75 Å². The van der Waals surface area contributed by atoms with Gasteiger partial charge in [-0.15, -0.1) is 0 Å². The van der Waals surface area contributed by atoms with Crippen LogP contribution in [-0.4, -0.2) is 23.3 Å². The molecule has 21 heavy (non-hydrogen) atoms. The first-order valence-corrected chi connectivity index (χ1v) is 7.49. The first kappa shape index (κ1) is 14.1. The molecule has 1 aliphatic carbocycles. The van der Waals surface area contributed by atoms with Crippen molar-refractivity contribution in [1.82, 2.24) is 10.1 Å². The van der Waals surface area contributed by atoms with Crippen molar-refractivity contribution in [1.29, 1.82) is 0 Å². The third-order valence-corrected chi connectivity index (χ3v) is 4.22. The van der Waals surface area contributed by atoms with Crippen LogP contribution >= 0.6 is 0 Å². The number of nitrogens with two attached hydrogens (primary N) is 1. The Kier molecular flexibility index (Phi) is 4.20. The third-order valence-electron chi connectivity index (χ3n) is 4.22. The van der Waals surface area contributed by atoms with Crippen LogP contribution in [0.4, 0.5) is 0 Å². The Hall–Kier alpha value is -1.88. The predicted octanol–water partition coefficient (Wildman–Crippen LogP) is 2.81. The molecule has 1 aromatic carbocycles. The number of hydrogen-bond acceptors (Lipinski definition) is 5. The monoisotopic (exact) mass is 287 g/mol. The van der Waals surface area contributed by atoms with E-state index in [1.165, 1.54) is 12.8 Å². The van der Waals surface area contributed by atoms with E-state index in [0.29, 0.717) is 17.6 Å². The second kappa shape index (κ2) is 6.26. The van der Waals surface area contributed by atoms with E-state index in [4.69, 9.17) is 15.0 Å². The van der Waals surface area contributed by atoms with E-state index in [0.717, 1.165) is 30.6 Å². The standard InChI is InChI=1S/C16H21N3O2/c1-20-13-8-6-11(7-9-13)16-18-15(21-19-16)10-12-4-2-3-5-14(12)17/h6-9,12,14H,2-5,10,17H2,1H3. The van der Waals surface area contributed by atoms with Crippen molar-refractivity contribution in [3.63, 3.8) is 0 Å². The maximum atomic E-state index is 6.17. The number of ether oxygens (including phenoxy) is 1. The molecule has 1 saturated carbocycles. The fraction of sp³-hybridized carbons (Fsp3) is 0.500. The zero-order chi connectivity index (χ0) is 14.7. The molecule has 0 radical (unpaired) electrons. The number of rotatable bonds is 4. The van der Waals surface area contributed by atoms with Crippen molar-refractivity contribution in [3.8, 4) is 17.1 Å². The summed E-state index contributed by atoms with van der Waals surface area (Å²) in [6.45, 7) is 0. The summed E-state index contributed by atoms with van der Waals surface area (Å²) < 4.78 is 10.5. The lowest BCUT2D eigenvalue weighted by Gasteiger charge is -2.27. The molecule has 1 heterocycles. The fourth-order valence-electron chi connectivity index (χ4n) is 2.91. The lowest BCUT2D eigenvalue weighted by molar-refractivity contribution is 0.273. The van der Waals surface area contributed by atoms with E-state index >= 15 is 0 Å². The van der Waals surface area contributed by atoms with Crippen molar-refractivity contribution >= 4 is 0 Å². The normalized spacial score (nSPS) is 22.2. The molecular weight excluding hydrogens is 266 g/mol. The van der Waals surface area contributed by atoms with E-state index in [1.807, 2.05) is 24.3 Å². The molecule has 5 heteroatoms. The van der Waals surface area contributed by atoms with E-state index in [-0.39, 0.29) is 6.04 Å². The molecule has 112 valence electrons. The third kappa shape index (κ3) is 3.24. The smallest absolute Gasteiger partial charge is 0.227 e. The minimum absolute atomic E-state index is 0.259. The summed E-state index contributed by atoms with van der Waals surface area (Å²) in [5, 5.41) is 4.06. The highest BCUT2D eigenvalue weighted by molar-refractivity contribution is 5.55. The van der Waals surface area contributed by atoms with Gasteiger partial charge in [0.2, 0.25) is 11.7 Å². The molecule has 1 aliphatic rings. The van der Waals surface area contributed by atoms with Crippen LogP contribution in [0.15, 0.2) is 28.8 Å². The largest absolute Gasteiger partial charge is 0.497 e. The maximum absolute atomic E-state index is 6.17. The Balaban J connectivity index is 1.70. The Morgan fingerprint density at radius 1 is 1.24 bits per heavy atom. The summed E-state index contributed by atoms with van der Waals surface area (Å²) in [6.07, 6.45) is 5.52. The molecule has 1 fully saturated rings. The van der Waals surface area contributed by atoms with E-state index in [1.54, 1.807) is 7.11 Å². The second-order valence-electron chi connectivity index (χ2n) is 5.65. The maximum Gasteiger partial charge on any atom is 0.227 e. The van der Waals surface area contributed by atoms with Gasteiger partial charge in [0.25, 0.3) is 0 Å². The fourth-order valence-corrected chi connectivity index (χ4v) is 2.91. The van der Waals surface area contributed by atoms with Gasteiger partial charge >= 0.3 is 0 Å². The van der Waals surface area contributed by atoms with Crippen molar-refractivity contribution in [2.45, 2.75) is 38.1 Å². The Labute approximate surface area is 124 Å². The van der Waals surface area contributed by atoms with Crippen molar-refractivity contribution < 1.29 is 9.26 Å². The molecule has 2 N–H and O–H groups in total. The first-order valence-electron chi connectivity index (χ1n) is 7.49. The highest BCUT2D eigenvalue weighted by Crippen LogP contribution is 2.27. The minimum atomic E-state index is 0.259. The van der Waals surface area contributed by atoms with Crippen molar-refractivity contribution in [2.75, 3.05) is 7.11 Å².